The number of nitro groups is 1. The summed E-state index contributed by atoms with van der Waals surface area (Å²) in [5.41, 5.74) is 0.584. The van der Waals surface area contributed by atoms with Gasteiger partial charge >= 0.3 is 0 Å². The molecule has 31 heavy (non-hydrogen) atoms. The lowest BCUT2D eigenvalue weighted by Crippen LogP contribution is -2.23. The van der Waals surface area contributed by atoms with Gasteiger partial charge in [-0.2, -0.15) is 0 Å². The van der Waals surface area contributed by atoms with E-state index < -0.39 is 14.9 Å². The molecule has 11 heteroatoms. The van der Waals surface area contributed by atoms with Gasteiger partial charge in [0.25, 0.3) is 21.6 Å². The Morgan fingerprint density at radius 1 is 1.13 bits per heavy atom. The SMILES string of the molecule is COc1ccc([N+](=O)[O-])cc1NS(=O)(=O)c1ccc(C(=O)NCc2ccccn2)cc1. The van der Waals surface area contributed by atoms with E-state index in [0.717, 1.165) is 6.07 Å². The number of hydrogen-bond acceptors (Lipinski definition) is 7. The van der Waals surface area contributed by atoms with E-state index in [-0.39, 0.29) is 40.0 Å². The number of nitro benzene ring substituents is 1. The predicted octanol–water partition coefficient (Wildman–Crippen LogP) is 2.73. The molecule has 0 aliphatic carbocycles. The Hall–Kier alpha value is -3.99. The molecule has 1 amide bonds. The van der Waals surface area contributed by atoms with Gasteiger partial charge in [-0.25, -0.2) is 8.42 Å². The number of rotatable bonds is 8. The highest BCUT2D eigenvalue weighted by molar-refractivity contribution is 7.92. The highest BCUT2D eigenvalue weighted by atomic mass is 32.2. The van der Waals surface area contributed by atoms with Crippen molar-refractivity contribution in [2.45, 2.75) is 11.4 Å². The molecule has 0 aliphatic rings. The molecule has 1 aromatic heterocycles. The molecule has 0 fully saturated rings. The lowest BCUT2D eigenvalue weighted by atomic mass is 10.2. The van der Waals surface area contributed by atoms with Gasteiger partial charge in [0.2, 0.25) is 0 Å². The van der Waals surface area contributed by atoms with Crippen LogP contribution in [0.1, 0.15) is 16.1 Å². The molecule has 2 N–H and O–H groups in total. The van der Waals surface area contributed by atoms with Crippen molar-refractivity contribution in [2.24, 2.45) is 0 Å². The Balaban J connectivity index is 1.75. The minimum absolute atomic E-state index is 0.0751. The molecular weight excluding hydrogens is 424 g/mol. The van der Waals surface area contributed by atoms with Gasteiger partial charge in [0, 0.05) is 23.9 Å². The highest BCUT2D eigenvalue weighted by Crippen LogP contribution is 2.30. The first-order chi connectivity index (χ1) is 14.8. The molecular formula is C20H18N4O6S. The third-order valence-corrected chi connectivity index (χ3v) is 5.60. The predicted molar refractivity (Wildman–Crippen MR) is 112 cm³/mol. The molecule has 3 rings (SSSR count). The average Bonchev–Trinajstić information content (AvgIpc) is 2.78. The maximum absolute atomic E-state index is 12.7. The van der Waals surface area contributed by atoms with Crippen LogP contribution in [0, 0.1) is 10.1 Å². The number of sulfonamides is 1. The van der Waals surface area contributed by atoms with Crippen LogP contribution in [0.2, 0.25) is 0 Å². The van der Waals surface area contributed by atoms with Crippen LogP contribution in [-0.4, -0.2) is 31.3 Å². The number of anilines is 1. The van der Waals surface area contributed by atoms with Crippen LogP contribution in [-0.2, 0) is 16.6 Å². The van der Waals surface area contributed by atoms with Crippen LogP contribution in [0.5, 0.6) is 5.75 Å². The Kier molecular flexibility index (Phi) is 6.46. The van der Waals surface area contributed by atoms with Gasteiger partial charge in [-0.05, 0) is 42.5 Å². The number of ether oxygens (including phenoxy) is 1. The molecule has 1 heterocycles. The number of nitrogens with one attached hydrogen (secondary N) is 2. The van der Waals surface area contributed by atoms with Gasteiger partial charge in [-0.3, -0.25) is 24.6 Å². The fourth-order valence-corrected chi connectivity index (χ4v) is 3.72. The lowest BCUT2D eigenvalue weighted by molar-refractivity contribution is -0.384. The first kappa shape index (κ1) is 21.7. The molecule has 0 saturated heterocycles. The fourth-order valence-electron chi connectivity index (χ4n) is 2.65. The second-order valence-electron chi connectivity index (χ2n) is 6.28. The summed E-state index contributed by atoms with van der Waals surface area (Å²) in [6, 6.07) is 14.2. The summed E-state index contributed by atoms with van der Waals surface area (Å²) < 4.78 is 32.7. The molecule has 0 saturated carbocycles. The second kappa shape index (κ2) is 9.22. The molecule has 0 bridgehead atoms. The Labute approximate surface area is 178 Å². The summed E-state index contributed by atoms with van der Waals surface area (Å²) in [5, 5.41) is 13.7. The first-order valence-corrected chi connectivity index (χ1v) is 10.4. The number of aromatic nitrogens is 1. The maximum atomic E-state index is 12.7. The van der Waals surface area contributed by atoms with Gasteiger partial charge in [-0.15, -0.1) is 0 Å². The van der Waals surface area contributed by atoms with Crippen molar-refractivity contribution in [2.75, 3.05) is 11.8 Å². The number of methoxy groups -OCH3 is 1. The Bertz CT molecular complexity index is 1200. The standard InChI is InChI=1S/C20H18N4O6S/c1-30-19-10-7-16(24(26)27)12-18(19)23-31(28,29)17-8-5-14(6-9-17)20(25)22-13-15-4-2-3-11-21-15/h2-12,23H,13H2,1H3,(H,22,25). The number of non-ortho nitro benzene ring substituents is 1. The molecule has 2 aromatic carbocycles. The van der Waals surface area contributed by atoms with Crippen molar-refractivity contribution in [3.63, 3.8) is 0 Å². The molecule has 10 nitrogen and oxygen atoms in total. The summed E-state index contributed by atoms with van der Waals surface area (Å²) >= 11 is 0. The van der Waals surface area contributed by atoms with E-state index in [1.807, 2.05) is 0 Å². The van der Waals surface area contributed by atoms with Gasteiger partial charge < -0.3 is 10.1 Å². The fraction of sp³-hybridized carbons (Fsp3) is 0.100. The number of benzene rings is 2. The van der Waals surface area contributed by atoms with Crippen LogP contribution in [0.15, 0.2) is 71.8 Å². The normalized spacial score (nSPS) is 10.9. The summed E-state index contributed by atoms with van der Waals surface area (Å²) in [7, 11) is -2.76. The lowest BCUT2D eigenvalue weighted by Gasteiger charge is -2.12. The summed E-state index contributed by atoms with van der Waals surface area (Å²) in [6.07, 6.45) is 1.62. The molecule has 0 unspecified atom stereocenters. The summed E-state index contributed by atoms with van der Waals surface area (Å²) in [6.45, 7) is 0.230. The zero-order valence-corrected chi connectivity index (χ0v) is 17.1. The third kappa shape index (κ3) is 5.34. The zero-order chi connectivity index (χ0) is 22.4. The van der Waals surface area contributed by atoms with E-state index in [0.29, 0.717) is 5.69 Å². The topological polar surface area (TPSA) is 141 Å². The molecule has 0 spiro atoms. The van der Waals surface area contributed by atoms with Crippen LogP contribution >= 0.6 is 0 Å². The molecule has 0 aliphatic heterocycles. The van der Waals surface area contributed by atoms with E-state index in [1.54, 1.807) is 24.4 Å². The van der Waals surface area contributed by atoms with Crippen molar-refractivity contribution >= 4 is 27.3 Å². The average molecular weight is 442 g/mol. The van der Waals surface area contributed by atoms with Crippen molar-refractivity contribution in [3.8, 4) is 5.75 Å². The maximum Gasteiger partial charge on any atom is 0.271 e. The number of carbonyl (C=O) groups excluding carboxylic acids is 1. The highest BCUT2D eigenvalue weighted by Gasteiger charge is 2.20. The molecule has 160 valence electrons. The van der Waals surface area contributed by atoms with Gasteiger partial charge in [0.15, 0.2) is 0 Å². The zero-order valence-electron chi connectivity index (χ0n) is 16.3. The van der Waals surface area contributed by atoms with Gasteiger partial charge in [-0.1, -0.05) is 6.07 Å². The van der Waals surface area contributed by atoms with Crippen LogP contribution in [0.25, 0.3) is 0 Å². The monoisotopic (exact) mass is 442 g/mol. The van der Waals surface area contributed by atoms with Crippen molar-refractivity contribution in [1.82, 2.24) is 10.3 Å². The van der Waals surface area contributed by atoms with E-state index in [9.17, 15) is 23.3 Å². The second-order valence-corrected chi connectivity index (χ2v) is 7.96. The van der Waals surface area contributed by atoms with Crippen molar-refractivity contribution in [3.05, 3.63) is 88.2 Å². The van der Waals surface area contributed by atoms with Gasteiger partial charge in [0.05, 0.1) is 34.9 Å². The van der Waals surface area contributed by atoms with Crippen molar-refractivity contribution in [1.29, 1.82) is 0 Å². The minimum atomic E-state index is -4.08. The first-order valence-electron chi connectivity index (χ1n) is 8.93. The van der Waals surface area contributed by atoms with Crippen molar-refractivity contribution < 1.29 is 22.9 Å². The van der Waals surface area contributed by atoms with Gasteiger partial charge in [0.1, 0.15) is 5.75 Å². The summed E-state index contributed by atoms with van der Waals surface area (Å²) in [5.74, 6) is -0.261. The summed E-state index contributed by atoms with van der Waals surface area (Å²) in [4.78, 5) is 26.6. The smallest absolute Gasteiger partial charge is 0.271 e. The minimum Gasteiger partial charge on any atom is -0.495 e. The molecule has 0 atom stereocenters. The van der Waals surface area contributed by atoms with E-state index in [1.165, 1.54) is 43.5 Å². The number of nitrogens with zero attached hydrogens (tertiary/aromatic N) is 2. The molecule has 3 aromatic rings. The van der Waals surface area contributed by atoms with Crippen LogP contribution in [0.4, 0.5) is 11.4 Å². The molecule has 0 radical (unpaired) electrons. The largest absolute Gasteiger partial charge is 0.495 e. The Morgan fingerprint density at radius 3 is 2.48 bits per heavy atom. The van der Waals surface area contributed by atoms with E-state index in [4.69, 9.17) is 4.74 Å². The quantitative estimate of drug-likeness (QED) is 0.404. The van der Waals surface area contributed by atoms with Crippen LogP contribution < -0.4 is 14.8 Å². The third-order valence-electron chi connectivity index (χ3n) is 4.22. The van der Waals surface area contributed by atoms with E-state index in [2.05, 4.69) is 15.0 Å². The number of carbonyl (C=O) groups is 1. The number of amides is 1. The van der Waals surface area contributed by atoms with E-state index >= 15 is 0 Å². The number of pyridine rings is 1. The Morgan fingerprint density at radius 2 is 1.87 bits per heavy atom. The van der Waals surface area contributed by atoms with Crippen LogP contribution in [0.3, 0.4) is 0 Å². The number of hydrogen-bond donors (Lipinski definition) is 2.